The summed E-state index contributed by atoms with van der Waals surface area (Å²) in [4.78, 5) is 26.9. The highest BCUT2D eigenvalue weighted by molar-refractivity contribution is 7.22. The number of nitrogens with one attached hydrogen (secondary N) is 1. The van der Waals surface area contributed by atoms with Gasteiger partial charge in [-0.15, -0.1) is 22.7 Å². The number of thiophene rings is 2. The lowest BCUT2D eigenvalue weighted by Gasteiger charge is -1.99. The molecule has 0 aliphatic carbocycles. The van der Waals surface area contributed by atoms with E-state index in [2.05, 4.69) is 15.0 Å². The lowest BCUT2D eigenvalue weighted by atomic mass is 10.2. The second kappa shape index (κ2) is 4.62. The predicted octanol–water partition coefficient (Wildman–Crippen LogP) is 3.58. The molecule has 0 fully saturated rings. The first kappa shape index (κ1) is 13.4. The molecule has 0 atom stereocenters. The third kappa shape index (κ3) is 1.79. The quantitative estimate of drug-likeness (QED) is 0.559. The van der Waals surface area contributed by atoms with Crippen LogP contribution in [0.2, 0.25) is 0 Å². The molecule has 0 unspecified atom stereocenters. The van der Waals surface area contributed by atoms with Crippen LogP contribution in [-0.4, -0.2) is 20.1 Å². The van der Waals surface area contributed by atoms with Crippen molar-refractivity contribution in [2.45, 2.75) is 13.8 Å². The zero-order chi connectivity index (χ0) is 15.4. The average Bonchev–Trinajstić information content (AvgIpc) is 2.98. The molecule has 2 N–H and O–H groups in total. The summed E-state index contributed by atoms with van der Waals surface area (Å²) in [7, 11) is 0. The SMILES string of the molecule is Cc1sc2nc(-c3sc4ncccc4c3O)[nH]c(=O)c2c1C. The zero-order valence-electron chi connectivity index (χ0n) is 11.8. The maximum Gasteiger partial charge on any atom is 0.260 e. The smallest absolute Gasteiger partial charge is 0.260 e. The molecule has 0 radical (unpaired) electrons. The van der Waals surface area contributed by atoms with Crippen LogP contribution in [0.1, 0.15) is 10.4 Å². The van der Waals surface area contributed by atoms with Gasteiger partial charge >= 0.3 is 0 Å². The summed E-state index contributed by atoms with van der Waals surface area (Å²) in [6.07, 6.45) is 1.67. The Labute approximate surface area is 132 Å². The first-order chi connectivity index (χ1) is 10.6. The number of hydrogen-bond acceptors (Lipinski definition) is 6. The molecule has 0 bridgehead atoms. The van der Waals surface area contributed by atoms with E-state index in [1.807, 2.05) is 13.8 Å². The van der Waals surface area contributed by atoms with E-state index in [0.717, 1.165) is 15.3 Å². The first-order valence-corrected chi connectivity index (χ1v) is 8.26. The van der Waals surface area contributed by atoms with Gasteiger partial charge in [0.15, 0.2) is 5.82 Å². The Hall–Kier alpha value is -2.25. The number of aromatic amines is 1. The van der Waals surface area contributed by atoms with E-state index in [4.69, 9.17) is 0 Å². The molecule has 7 heteroatoms. The lowest BCUT2D eigenvalue weighted by Crippen LogP contribution is -2.08. The van der Waals surface area contributed by atoms with Gasteiger partial charge in [0.2, 0.25) is 0 Å². The summed E-state index contributed by atoms with van der Waals surface area (Å²) in [5, 5.41) is 11.7. The Morgan fingerprint density at radius 2 is 2.05 bits per heavy atom. The molecular weight excluding hydrogens is 318 g/mol. The second-order valence-electron chi connectivity index (χ2n) is 5.01. The largest absolute Gasteiger partial charge is 0.506 e. The Kier molecular flexibility index (Phi) is 2.82. The zero-order valence-corrected chi connectivity index (χ0v) is 13.4. The van der Waals surface area contributed by atoms with E-state index in [9.17, 15) is 9.90 Å². The number of aryl methyl sites for hydroxylation is 2. The van der Waals surface area contributed by atoms with Crippen molar-refractivity contribution in [2.75, 3.05) is 0 Å². The van der Waals surface area contributed by atoms with Gasteiger partial charge in [0.25, 0.3) is 5.56 Å². The highest BCUT2D eigenvalue weighted by Gasteiger charge is 2.18. The first-order valence-electron chi connectivity index (χ1n) is 6.63. The molecule has 110 valence electrons. The Morgan fingerprint density at radius 3 is 2.82 bits per heavy atom. The van der Waals surface area contributed by atoms with Gasteiger partial charge in [0, 0.05) is 11.1 Å². The van der Waals surface area contributed by atoms with E-state index in [1.54, 1.807) is 18.3 Å². The minimum atomic E-state index is -0.174. The van der Waals surface area contributed by atoms with Crippen molar-refractivity contribution in [2.24, 2.45) is 0 Å². The Morgan fingerprint density at radius 1 is 1.23 bits per heavy atom. The van der Waals surface area contributed by atoms with E-state index in [1.165, 1.54) is 22.7 Å². The van der Waals surface area contributed by atoms with Gasteiger partial charge in [-0.2, -0.15) is 0 Å². The van der Waals surface area contributed by atoms with Crippen LogP contribution in [0, 0.1) is 13.8 Å². The van der Waals surface area contributed by atoms with E-state index in [-0.39, 0.29) is 11.3 Å². The molecule has 0 spiro atoms. The molecule has 0 saturated carbocycles. The molecule has 4 rings (SSSR count). The number of hydrogen-bond donors (Lipinski definition) is 2. The van der Waals surface area contributed by atoms with Crippen LogP contribution in [0.5, 0.6) is 5.75 Å². The molecular formula is C15H11N3O2S2. The maximum absolute atomic E-state index is 12.4. The van der Waals surface area contributed by atoms with Crippen molar-refractivity contribution in [3.05, 3.63) is 39.1 Å². The van der Waals surface area contributed by atoms with Crippen LogP contribution in [0.15, 0.2) is 23.1 Å². The minimum Gasteiger partial charge on any atom is -0.506 e. The fourth-order valence-electron chi connectivity index (χ4n) is 2.44. The van der Waals surface area contributed by atoms with Crippen LogP contribution in [0.25, 0.3) is 31.1 Å². The van der Waals surface area contributed by atoms with Gasteiger partial charge < -0.3 is 10.1 Å². The number of pyridine rings is 1. The monoisotopic (exact) mass is 329 g/mol. The van der Waals surface area contributed by atoms with Crippen molar-refractivity contribution in [3.8, 4) is 16.5 Å². The molecule has 5 nitrogen and oxygen atoms in total. The number of aromatic nitrogens is 3. The van der Waals surface area contributed by atoms with Gasteiger partial charge in [-0.05, 0) is 31.5 Å². The summed E-state index contributed by atoms with van der Waals surface area (Å²) < 4.78 is 0. The van der Waals surface area contributed by atoms with Gasteiger partial charge in [0.05, 0.1) is 10.8 Å². The topological polar surface area (TPSA) is 78.9 Å². The number of nitrogens with zero attached hydrogens (tertiary/aromatic N) is 2. The van der Waals surface area contributed by atoms with Gasteiger partial charge in [-0.3, -0.25) is 4.79 Å². The van der Waals surface area contributed by atoms with Crippen molar-refractivity contribution in [1.29, 1.82) is 0 Å². The lowest BCUT2D eigenvalue weighted by molar-refractivity contribution is 0.485. The van der Waals surface area contributed by atoms with E-state index in [0.29, 0.717) is 26.3 Å². The highest BCUT2D eigenvalue weighted by Crippen LogP contribution is 2.41. The van der Waals surface area contributed by atoms with Crippen molar-refractivity contribution >= 4 is 43.1 Å². The van der Waals surface area contributed by atoms with Crippen molar-refractivity contribution in [3.63, 3.8) is 0 Å². The third-order valence-electron chi connectivity index (χ3n) is 3.69. The fourth-order valence-corrected chi connectivity index (χ4v) is 4.45. The van der Waals surface area contributed by atoms with Crippen LogP contribution in [-0.2, 0) is 0 Å². The average molecular weight is 329 g/mol. The normalized spacial score (nSPS) is 11.5. The molecule has 0 saturated heterocycles. The molecule has 0 amide bonds. The number of fused-ring (bicyclic) bond motifs is 2. The van der Waals surface area contributed by atoms with E-state index >= 15 is 0 Å². The fraction of sp³-hybridized carbons (Fsp3) is 0.133. The molecule has 4 aromatic heterocycles. The molecule has 0 aliphatic rings. The second-order valence-corrected chi connectivity index (χ2v) is 7.22. The molecule has 22 heavy (non-hydrogen) atoms. The molecule has 4 heterocycles. The summed E-state index contributed by atoms with van der Waals surface area (Å²) in [6, 6.07) is 3.57. The predicted molar refractivity (Wildman–Crippen MR) is 90.0 cm³/mol. The Bertz CT molecular complexity index is 1090. The Balaban J connectivity index is 2.04. The van der Waals surface area contributed by atoms with Crippen molar-refractivity contribution < 1.29 is 5.11 Å². The van der Waals surface area contributed by atoms with Gasteiger partial charge in [-0.1, -0.05) is 0 Å². The van der Waals surface area contributed by atoms with Crippen LogP contribution in [0.4, 0.5) is 0 Å². The third-order valence-corrected chi connectivity index (χ3v) is 5.90. The van der Waals surface area contributed by atoms with Crippen molar-refractivity contribution in [1.82, 2.24) is 15.0 Å². The van der Waals surface area contributed by atoms with E-state index < -0.39 is 0 Å². The molecule has 0 aromatic carbocycles. The summed E-state index contributed by atoms with van der Waals surface area (Å²) in [5.41, 5.74) is 0.786. The molecule has 0 aliphatic heterocycles. The minimum absolute atomic E-state index is 0.112. The van der Waals surface area contributed by atoms with Gasteiger partial charge in [-0.25, -0.2) is 9.97 Å². The van der Waals surface area contributed by atoms with Crippen LogP contribution in [0.3, 0.4) is 0 Å². The summed E-state index contributed by atoms with van der Waals surface area (Å²) >= 11 is 2.81. The number of rotatable bonds is 1. The standard InChI is InChI=1S/C15H11N3O2S2/c1-6-7(2)21-15-9(6)13(20)17-12(18-15)11-10(19)8-4-3-5-16-14(8)22-11/h3-5,19H,1-2H3,(H,17,18,20). The number of H-pyrrole nitrogens is 1. The van der Waals surface area contributed by atoms with Crippen LogP contribution >= 0.6 is 22.7 Å². The highest BCUT2D eigenvalue weighted by atomic mass is 32.1. The molecule has 4 aromatic rings. The van der Waals surface area contributed by atoms with Gasteiger partial charge in [0.1, 0.15) is 20.3 Å². The summed E-state index contributed by atoms with van der Waals surface area (Å²) in [6.45, 7) is 3.90. The number of aromatic hydroxyl groups is 1. The maximum atomic E-state index is 12.4. The van der Waals surface area contributed by atoms with Crippen LogP contribution < -0.4 is 5.56 Å². The summed E-state index contributed by atoms with van der Waals surface area (Å²) in [5.74, 6) is 0.500.